The molecule has 1 amide bonds. The number of fused-ring (bicyclic) bond motifs is 1. The molecular weight excluding hydrogens is 252 g/mol. The lowest BCUT2D eigenvalue weighted by Crippen LogP contribution is -2.56. The Morgan fingerprint density at radius 3 is 2.75 bits per heavy atom. The Labute approximate surface area is 119 Å². The van der Waals surface area contributed by atoms with E-state index in [0.717, 1.165) is 6.42 Å². The number of nitrogens with zero attached hydrogens (tertiary/aromatic N) is 2. The summed E-state index contributed by atoms with van der Waals surface area (Å²) in [5, 5.41) is 9.22. The standard InChI is InChI=1S/C16H20N2O2/c1-5-16-8-12(9-17)14(20)15(3,4)13(16)6-7-18(10-16)11(2)19/h5,8,13H,1,6-7,10H2,2-4H3/t13-,16+/m1/s1. The van der Waals surface area contributed by atoms with Gasteiger partial charge < -0.3 is 4.90 Å². The van der Waals surface area contributed by atoms with Crippen molar-refractivity contribution in [2.24, 2.45) is 16.7 Å². The number of carbonyl (C=O) groups is 2. The summed E-state index contributed by atoms with van der Waals surface area (Å²) in [4.78, 5) is 25.8. The van der Waals surface area contributed by atoms with Gasteiger partial charge >= 0.3 is 0 Å². The molecule has 106 valence electrons. The van der Waals surface area contributed by atoms with Crippen molar-refractivity contribution in [1.29, 1.82) is 5.26 Å². The number of piperidine rings is 1. The molecule has 0 saturated carbocycles. The monoisotopic (exact) mass is 272 g/mol. The van der Waals surface area contributed by atoms with Gasteiger partial charge in [0.05, 0.1) is 5.57 Å². The number of allylic oxidation sites excluding steroid dienone is 1. The van der Waals surface area contributed by atoms with E-state index in [9.17, 15) is 14.9 Å². The second-order valence-corrected chi connectivity index (χ2v) is 6.32. The molecule has 2 rings (SSSR count). The van der Waals surface area contributed by atoms with Crippen molar-refractivity contribution in [3.8, 4) is 6.07 Å². The molecule has 0 N–H and O–H groups in total. The number of ketones is 1. The van der Waals surface area contributed by atoms with Crippen molar-refractivity contribution in [2.45, 2.75) is 27.2 Å². The van der Waals surface area contributed by atoms with Gasteiger partial charge in [-0.2, -0.15) is 5.26 Å². The molecule has 4 nitrogen and oxygen atoms in total. The van der Waals surface area contributed by atoms with E-state index in [1.165, 1.54) is 0 Å². The average molecular weight is 272 g/mol. The molecule has 0 spiro atoms. The summed E-state index contributed by atoms with van der Waals surface area (Å²) in [5.74, 6) is -0.00209. The van der Waals surface area contributed by atoms with Crippen LogP contribution < -0.4 is 0 Å². The number of carbonyl (C=O) groups excluding carboxylic acids is 2. The Morgan fingerprint density at radius 2 is 2.25 bits per heavy atom. The van der Waals surface area contributed by atoms with Gasteiger partial charge in [0.1, 0.15) is 6.07 Å². The molecular formula is C16H20N2O2. The molecule has 0 bridgehead atoms. The summed E-state index contributed by atoms with van der Waals surface area (Å²) in [5.41, 5.74) is -0.889. The van der Waals surface area contributed by atoms with E-state index in [0.29, 0.717) is 13.1 Å². The molecule has 0 aromatic heterocycles. The van der Waals surface area contributed by atoms with E-state index < -0.39 is 10.8 Å². The molecule has 0 aromatic rings. The molecule has 2 aliphatic rings. The largest absolute Gasteiger partial charge is 0.342 e. The quantitative estimate of drug-likeness (QED) is 0.687. The van der Waals surface area contributed by atoms with Crippen molar-refractivity contribution in [3.63, 3.8) is 0 Å². The summed E-state index contributed by atoms with van der Waals surface area (Å²) < 4.78 is 0. The Bertz CT molecular complexity index is 553. The highest BCUT2D eigenvalue weighted by Gasteiger charge is 2.54. The number of nitriles is 1. The first-order valence-electron chi connectivity index (χ1n) is 6.85. The number of rotatable bonds is 1. The Morgan fingerprint density at radius 1 is 1.60 bits per heavy atom. The minimum Gasteiger partial charge on any atom is -0.342 e. The number of likely N-dealkylation sites (tertiary alicyclic amines) is 1. The predicted molar refractivity (Wildman–Crippen MR) is 75.5 cm³/mol. The van der Waals surface area contributed by atoms with Crippen molar-refractivity contribution in [3.05, 3.63) is 24.3 Å². The van der Waals surface area contributed by atoms with Crippen molar-refractivity contribution in [2.75, 3.05) is 13.1 Å². The van der Waals surface area contributed by atoms with E-state index in [1.54, 1.807) is 24.0 Å². The van der Waals surface area contributed by atoms with Gasteiger partial charge in [-0.05, 0) is 12.3 Å². The number of amides is 1. The lowest BCUT2D eigenvalue weighted by atomic mass is 9.54. The second kappa shape index (κ2) is 4.59. The van der Waals surface area contributed by atoms with Crippen LogP contribution in [0.4, 0.5) is 0 Å². The Balaban J connectivity index is 2.56. The van der Waals surface area contributed by atoms with Crippen LogP contribution in [0.2, 0.25) is 0 Å². The summed E-state index contributed by atoms with van der Waals surface area (Å²) >= 11 is 0. The zero-order valence-electron chi connectivity index (χ0n) is 12.3. The van der Waals surface area contributed by atoms with Gasteiger partial charge in [0.25, 0.3) is 0 Å². The van der Waals surface area contributed by atoms with E-state index in [4.69, 9.17) is 0 Å². The first kappa shape index (κ1) is 14.5. The zero-order chi connectivity index (χ0) is 15.1. The molecule has 20 heavy (non-hydrogen) atoms. The van der Waals surface area contributed by atoms with Crippen LogP contribution in [0.15, 0.2) is 24.3 Å². The molecule has 1 aliphatic heterocycles. The van der Waals surface area contributed by atoms with Crippen molar-refractivity contribution >= 4 is 11.7 Å². The van der Waals surface area contributed by atoms with E-state index in [2.05, 4.69) is 6.58 Å². The summed E-state index contributed by atoms with van der Waals surface area (Å²) in [6, 6.07) is 2.01. The number of hydrogen-bond donors (Lipinski definition) is 0. The van der Waals surface area contributed by atoms with Crippen LogP contribution in [0.25, 0.3) is 0 Å². The normalized spacial score (nSPS) is 31.9. The van der Waals surface area contributed by atoms with Crippen molar-refractivity contribution in [1.82, 2.24) is 4.90 Å². The van der Waals surface area contributed by atoms with Gasteiger partial charge in [0.15, 0.2) is 5.78 Å². The van der Waals surface area contributed by atoms with Gasteiger partial charge in [-0.25, -0.2) is 0 Å². The number of hydrogen-bond acceptors (Lipinski definition) is 3. The predicted octanol–water partition coefficient (Wildman–Crippen LogP) is 2.09. The van der Waals surface area contributed by atoms with Gasteiger partial charge in [0, 0.05) is 30.8 Å². The highest BCUT2D eigenvalue weighted by molar-refractivity contribution is 6.04. The minimum absolute atomic E-state index is 0.0197. The molecule has 1 fully saturated rings. The number of Topliss-reactive ketones (excluding diaryl/α,β-unsaturated/α-hetero) is 1. The summed E-state index contributed by atoms with van der Waals surface area (Å²) in [6.45, 7) is 10.4. The maximum absolute atomic E-state index is 12.4. The zero-order valence-corrected chi connectivity index (χ0v) is 12.3. The molecule has 1 heterocycles. The van der Waals surface area contributed by atoms with Gasteiger partial charge in [0.2, 0.25) is 5.91 Å². The van der Waals surface area contributed by atoms with Gasteiger partial charge in [-0.1, -0.05) is 26.0 Å². The third-order valence-electron chi connectivity index (χ3n) is 4.86. The fourth-order valence-corrected chi connectivity index (χ4v) is 3.71. The summed E-state index contributed by atoms with van der Waals surface area (Å²) in [6.07, 6.45) is 4.28. The Hall–Kier alpha value is -1.89. The average Bonchev–Trinajstić information content (AvgIpc) is 2.42. The Kier molecular flexibility index (Phi) is 3.33. The van der Waals surface area contributed by atoms with Crippen LogP contribution in [0.1, 0.15) is 27.2 Å². The smallest absolute Gasteiger partial charge is 0.219 e. The van der Waals surface area contributed by atoms with E-state index >= 15 is 0 Å². The maximum Gasteiger partial charge on any atom is 0.219 e. The van der Waals surface area contributed by atoms with Crippen LogP contribution in [0.5, 0.6) is 0 Å². The second-order valence-electron chi connectivity index (χ2n) is 6.32. The SMILES string of the molecule is C=C[C@@]12C=C(C#N)C(=O)C(C)(C)[C@H]1CCN(C(C)=O)C2. The van der Waals surface area contributed by atoms with Crippen molar-refractivity contribution < 1.29 is 9.59 Å². The fourth-order valence-electron chi connectivity index (χ4n) is 3.71. The molecule has 0 radical (unpaired) electrons. The third kappa shape index (κ3) is 1.89. The van der Waals surface area contributed by atoms with Crippen LogP contribution in [0.3, 0.4) is 0 Å². The lowest BCUT2D eigenvalue weighted by Gasteiger charge is -2.53. The lowest BCUT2D eigenvalue weighted by molar-refractivity contribution is -0.137. The highest BCUT2D eigenvalue weighted by Crippen LogP contribution is 2.52. The minimum atomic E-state index is -0.600. The van der Waals surface area contributed by atoms with Crippen LogP contribution >= 0.6 is 0 Å². The highest BCUT2D eigenvalue weighted by atomic mass is 16.2. The molecule has 4 heteroatoms. The van der Waals surface area contributed by atoms with Crippen LogP contribution in [-0.2, 0) is 9.59 Å². The topological polar surface area (TPSA) is 61.2 Å². The van der Waals surface area contributed by atoms with Gasteiger partial charge in [-0.15, -0.1) is 6.58 Å². The first-order valence-corrected chi connectivity index (χ1v) is 6.85. The molecule has 1 aliphatic carbocycles. The molecule has 1 saturated heterocycles. The van der Waals surface area contributed by atoms with Crippen LogP contribution in [-0.4, -0.2) is 29.7 Å². The summed E-state index contributed by atoms with van der Waals surface area (Å²) in [7, 11) is 0. The molecule has 0 unspecified atom stereocenters. The van der Waals surface area contributed by atoms with E-state index in [-0.39, 0.29) is 23.2 Å². The first-order chi connectivity index (χ1) is 9.28. The van der Waals surface area contributed by atoms with E-state index in [1.807, 2.05) is 19.9 Å². The fraction of sp³-hybridized carbons (Fsp3) is 0.562. The molecule has 2 atom stereocenters. The third-order valence-corrected chi connectivity index (χ3v) is 4.86. The van der Waals surface area contributed by atoms with Crippen LogP contribution in [0, 0.1) is 28.1 Å². The molecule has 0 aromatic carbocycles. The maximum atomic E-state index is 12.4. The van der Waals surface area contributed by atoms with Gasteiger partial charge in [-0.3, -0.25) is 9.59 Å².